The molecule has 5 nitrogen and oxygen atoms in total. The number of ether oxygens (including phenoxy) is 1. The standard InChI is InChI=1S/C20H19NO4/c1-3-21(17-7-5-4-6-14(17)2)19(22)13-24-16-10-8-15-9-11-20(23)25-18(15)12-16/h4-12H,3,13H2,1-2H3. The Bertz CT molecular complexity index is 961. The number of hydrogen-bond acceptors (Lipinski definition) is 4. The summed E-state index contributed by atoms with van der Waals surface area (Å²) >= 11 is 0. The highest BCUT2D eigenvalue weighted by atomic mass is 16.5. The second kappa shape index (κ2) is 7.21. The number of aryl methyl sites for hydroxylation is 1. The van der Waals surface area contributed by atoms with E-state index in [0.717, 1.165) is 16.6 Å². The van der Waals surface area contributed by atoms with Crippen LogP contribution in [0.3, 0.4) is 0 Å². The molecule has 0 saturated heterocycles. The molecule has 0 atom stereocenters. The molecule has 0 aliphatic carbocycles. The fourth-order valence-corrected chi connectivity index (χ4v) is 2.70. The Morgan fingerprint density at radius 2 is 1.88 bits per heavy atom. The maximum atomic E-state index is 12.5. The minimum Gasteiger partial charge on any atom is -0.484 e. The predicted octanol–water partition coefficient (Wildman–Crippen LogP) is 3.53. The zero-order chi connectivity index (χ0) is 17.8. The van der Waals surface area contributed by atoms with Gasteiger partial charge in [0.25, 0.3) is 5.91 Å². The smallest absolute Gasteiger partial charge is 0.336 e. The average Bonchev–Trinajstić information content (AvgIpc) is 2.61. The third-order valence-corrected chi connectivity index (χ3v) is 3.98. The Labute approximate surface area is 145 Å². The van der Waals surface area contributed by atoms with E-state index in [1.54, 1.807) is 29.2 Å². The minimum absolute atomic E-state index is 0.0925. The molecule has 0 saturated carbocycles. The third-order valence-electron chi connectivity index (χ3n) is 3.98. The van der Waals surface area contributed by atoms with Crippen LogP contribution in [-0.2, 0) is 4.79 Å². The summed E-state index contributed by atoms with van der Waals surface area (Å²) in [6.07, 6.45) is 0. The molecule has 0 fully saturated rings. The summed E-state index contributed by atoms with van der Waals surface area (Å²) in [4.78, 5) is 25.5. The molecule has 128 valence electrons. The van der Waals surface area contributed by atoms with Gasteiger partial charge in [0.1, 0.15) is 11.3 Å². The van der Waals surface area contributed by atoms with Crippen molar-refractivity contribution in [1.29, 1.82) is 0 Å². The summed E-state index contributed by atoms with van der Waals surface area (Å²) in [5.41, 5.74) is 1.93. The summed E-state index contributed by atoms with van der Waals surface area (Å²) in [6.45, 7) is 4.36. The van der Waals surface area contributed by atoms with Crippen molar-refractivity contribution >= 4 is 22.6 Å². The van der Waals surface area contributed by atoms with E-state index < -0.39 is 5.63 Å². The number of nitrogens with zero attached hydrogens (tertiary/aromatic N) is 1. The molecule has 0 spiro atoms. The van der Waals surface area contributed by atoms with Gasteiger partial charge in [0.2, 0.25) is 0 Å². The Kier molecular flexibility index (Phi) is 4.84. The molecule has 1 amide bonds. The molecule has 3 rings (SSSR count). The molecule has 3 aromatic rings. The van der Waals surface area contributed by atoms with Crippen LogP contribution < -0.4 is 15.3 Å². The number of carbonyl (C=O) groups excluding carboxylic acids is 1. The van der Waals surface area contributed by atoms with E-state index in [0.29, 0.717) is 17.9 Å². The summed E-state index contributed by atoms with van der Waals surface area (Å²) in [5.74, 6) is 0.349. The first kappa shape index (κ1) is 16.8. The Morgan fingerprint density at radius 1 is 1.12 bits per heavy atom. The van der Waals surface area contributed by atoms with Crippen LogP contribution in [0.25, 0.3) is 11.0 Å². The molecule has 0 bridgehead atoms. The van der Waals surface area contributed by atoms with Gasteiger partial charge < -0.3 is 14.1 Å². The SMILES string of the molecule is CCN(C(=O)COc1ccc2ccc(=O)oc2c1)c1ccccc1C. The molecule has 25 heavy (non-hydrogen) atoms. The van der Waals surface area contributed by atoms with Gasteiger partial charge in [0.05, 0.1) is 0 Å². The van der Waals surface area contributed by atoms with Crippen LogP contribution in [0.4, 0.5) is 5.69 Å². The van der Waals surface area contributed by atoms with Gasteiger partial charge in [-0.3, -0.25) is 4.79 Å². The van der Waals surface area contributed by atoms with Gasteiger partial charge in [-0.05, 0) is 43.7 Å². The monoisotopic (exact) mass is 337 g/mol. The molecule has 5 heteroatoms. The largest absolute Gasteiger partial charge is 0.484 e. The summed E-state index contributed by atoms with van der Waals surface area (Å²) in [6, 6.07) is 15.9. The van der Waals surface area contributed by atoms with Crippen LogP contribution in [0.1, 0.15) is 12.5 Å². The first-order chi connectivity index (χ1) is 12.1. The highest BCUT2D eigenvalue weighted by Gasteiger charge is 2.16. The molecular weight excluding hydrogens is 318 g/mol. The van der Waals surface area contributed by atoms with Gasteiger partial charge in [-0.1, -0.05) is 18.2 Å². The Balaban J connectivity index is 1.75. The summed E-state index contributed by atoms with van der Waals surface area (Å²) in [7, 11) is 0. The van der Waals surface area contributed by atoms with Crippen molar-refractivity contribution < 1.29 is 13.9 Å². The number of carbonyl (C=O) groups is 1. The van der Waals surface area contributed by atoms with Crippen molar-refractivity contribution in [3.63, 3.8) is 0 Å². The number of amides is 1. The quantitative estimate of drug-likeness (QED) is 0.668. The van der Waals surface area contributed by atoms with Crippen LogP contribution in [-0.4, -0.2) is 19.1 Å². The van der Waals surface area contributed by atoms with Crippen LogP contribution in [0.5, 0.6) is 5.75 Å². The Hall–Kier alpha value is -3.08. The van der Waals surface area contributed by atoms with E-state index in [1.165, 1.54) is 6.07 Å². The molecule has 1 heterocycles. The number of likely N-dealkylation sites (N-methyl/N-ethyl adjacent to an activating group) is 1. The van der Waals surface area contributed by atoms with Crippen molar-refractivity contribution in [1.82, 2.24) is 0 Å². The number of hydrogen-bond donors (Lipinski definition) is 0. The van der Waals surface area contributed by atoms with E-state index in [1.807, 2.05) is 38.1 Å². The topological polar surface area (TPSA) is 59.8 Å². The summed E-state index contributed by atoms with van der Waals surface area (Å²) in [5, 5.41) is 0.799. The van der Waals surface area contributed by atoms with Gasteiger partial charge in [-0.2, -0.15) is 0 Å². The normalized spacial score (nSPS) is 10.6. The van der Waals surface area contributed by atoms with Crippen molar-refractivity contribution in [2.24, 2.45) is 0 Å². The van der Waals surface area contributed by atoms with E-state index in [-0.39, 0.29) is 12.5 Å². The van der Waals surface area contributed by atoms with E-state index >= 15 is 0 Å². The van der Waals surface area contributed by atoms with Gasteiger partial charge >= 0.3 is 5.63 Å². The minimum atomic E-state index is -0.419. The lowest BCUT2D eigenvalue weighted by Crippen LogP contribution is -2.35. The number of benzene rings is 2. The number of rotatable bonds is 5. The van der Waals surface area contributed by atoms with Gasteiger partial charge in [0, 0.05) is 29.8 Å². The van der Waals surface area contributed by atoms with Crippen LogP contribution in [0.15, 0.2) is 63.8 Å². The average molecular weight is 337 g/mol. The number of para-hydroxylation sites is 1. The molecular formula is C20H19NO4. The molecule has 2 aromatic carbocycles. The van der Waals surface area contributed by atoms with Crippen LogP contribution in [0, 0.1) is 6.92 Å². The van der Waals surface area contributed by atoms with Crippen molar-refractivity contribution in [3.05, 3.63) is 70.6 Å². The highest BCUT2D eigenvalue weighted by molar-refractivity contribution is 5.95. The van der Waals surface area contributed by atoms with E-state index in [2.05, 4.69) is 0 Å². The number of fused-ring (bicyclic) bond motifs is 1. The number of anilines is 1. The first-order valence-corrected chi connectivity index (χ1v) is 8.11. The maximum absolute atomic E-state index is 12.5. The van der Waals surface area contributed by atoms with Crippen molar-refractivity contribution in [2.45, 2.75) is 13.8 Å². The van der Waals surface area contributed by atoms with Crippen LogP contribution >= 0.6 is 0 Å². The van der Waals surface area contributed by atoms with Gasteiger partial charge in [0.15, 0.2) is 6.61 Å². The predicted molar refractivity (Wildman–Crippen MR) is 97.2 cm³/mol. The molecule has 0 unspecified atom stereocenters. The fraction of sp³-hybridized carbons (Fsp3) is 0.200. The maximum Gasteiger partial charge on any atom is 0.336 e. The van der Waals surface area contributed by atoms with Crippen molar-refractivity contribution in [2.75, 3.05) is 18.1 Å². The lowest BCUT2D eigenvalue weighted by molar-refractivity contribution is -0.120. The molecule has 0 radical (unpaired) electrons. The first-order valence-electron chi connectivity index (χ1n) is 8.11. The molecule has 0 aliphatic rings. The van der Waals surface area contributed by atoms with Crippen molar-refractivity contribution in [3.8, 4) is 5.75 Å². The molecule has 1 aromatic heterocycles. The van der Waals surface area contributed by atoms with E-state index in [4.69, 9.17) is 9.15 Å². The molecule has 0 N–H and O–H groups in total. The zero-order valence-corrected chi connectivity index (χ0v) is 14.2. The summed E-state index contributed by atoms with van der Waals surface area (Å²) < 4.78 is 10.7. The highest BCUT2D eigenvalue weighted by Crippen LogP contribution is 2.21. The van der Waals surface area contributed by atoms with Gasteiger partial charge in [-0.15, -0.1) is 0 Å². The second-order valence-corrected chi connectivity index (χ2v) is 5.67. The van der Waals surface area contributed by atoms with Gasteiger partial charge in [-0.25, -0.2) is 4.79 Å². The third kappa shape index (κ3) is 3.71. The molecule has 0 aliphatic heterocycles. The second-order valence-electron chi connectivity index (χ2n) is 5.67. The fourth-order valence-electron chi connectivity index (χ4n) is 2.70. The zero-order valence-electron chi connectivity index (χ0n) is 14.2. The van der Waals surface area contributed by atoms with Crippen LogP contribution in [0.2, 0.25) is 0 Å². The lowest BCUT2D eigenvalue weighted by Gasteiger charge is -2.23. The lowest BCUT2D eigenvalue weighted by atomic mass is 10.2. The van der Waals surface area contributed by atoms with E-state index in [9.17, 15) is 9.59 Å². The Morgan fingerprint density at radius 3 is 2.64 bits per heavy atom.